The summed E-state index contributed by atoms with van der Waals surface area (Å²) in [6, 6.07) is 1.74. The van der Waals surface area contributed by atoms with Crippen LogP contribution in [0.3, 0.4) is 0 Å². The van der Waals surface area contributed by atoms with E-state index in [0.717, 1.165) is 16.4 Å². The van der Waals surface area contributed by atoms with Gasteiger partial charge in [0.15, 0.2) is 5.82 Å². The molecule has 0 heterocycles. The average Bonchev–Trinajstić information content (AvgIpc) is 2.30. The smallest absolute Gasteiger partial charge is 0.338 e. The maximum absolute atomic E-state index is 14.0. The van der Waals surface area contributed by atoms with Gasteiger partial charge in [0, 0.05) is 18.6 Å². The minimum Gasteiger partial charge on any atom is -0.478 e. The van der Waals surface area contributed by atoms with Gasteiger partial charge in [0.2, 0.25) is 10.0 Å². The predicted molar refractivity (Wildman–Crippen MR) is 73.0 cm³/mol. The largest absolute Gasteiger partial charge is 0.478 e. The minimum absolute atomic E-state index is 0.0172. The topological polar surface area (TPSA) is 74.7 Å². The van der Waals surface area contributed by atoms with Crippen molar-refractivity contribution in [3.63, 3.8) is 0 Å². The number of benzene rings is 1. The summed E-state index contributed by atoms with van der Waals surface area (Å²) in [7, 11) is -2.95. The second-order valence-corrected chi connectivity index (χ2v) is 6.74. The van der Waals surface area contributed by atoms with Crippen LogP contribution in [0.25, 0.3) is 0 Å². The van der Waals surface area contributed by atoms with Gasteiger partial charge < -0.3 is 5.11 Å². The van der Waals surface area contributed by atoms with Crippen LogP contribution >= 0.6 is 11.6 Å². The molecule has 0 spiro atoms. The summed E-state index contributed by atoms with van der Waals surface area (Å²) in [6.45, 7) is 5.16. The van der Waals surface area contributed by atoms with Gasteiger partial charge in [-0.05, 0) is 19.1 Å². The van der Waals surface area contributed by atoms with Crippen molar-refractivity contribution in [3.8, 4) is 0 Å². The Morgan fingerprint density at radius 1 is 1.50 bits per heavy atom. The minimum atomic E-state index is -4.19. The molecule has 1 N–H and O–H groups in total. The Morgan fingerprint density at radius 2 is 2.05 bits per heavy atom. The summed E-state index contributed by atoms with van der Waals surface area (Å²) in [6.07, 6.45) is 0. The number of hydrogen-bond acceptors (Lipinski definition) is 3. The zero-order valence-corrected chi connectivity index (χ0v) is 12.4. The van der Waals surface area contributed by atoms with Crippen LogP contribution in [0.4, 0.5) is 4.39 Å². The quantitative estimate of drug-likeness (QED) is 0.845. The van der Waals surface area contributed by atoms with E-state index in [9.17, 15) is 17.6 Å². The van der Waals surface area contributed by atoms with E-state index in [1.807, 2.05) is 0 Å². The molecule has 0 aromatic heterocycles. The highest BCUT2D eigenvalue weighted by atomic mass is 35.5. The molecule has 1 rings (SSSR count). The number of halogens is 2. The Morgan fingerprint density at radius 3 is 2.50 bits per heavy atom. The number of nitrogens with zero attached hydrogens (tertiary/aromatic N) is 1. The molecule has 8 heteroatoms. The number of carboxylic acid groups (broad SMARTS) is 1. The van der Waals surface area contributed by atoms with Gasteiger partial charge in [-0.2, -0.15) is 4.31 Å². The fourth-order valence-corrected chi connectivity index (χ4v) is 3.16. The number of hydrogen-bond donors (Lipinski definition) is 1. The van der Waals surface area contributed by atoms with E-state index in [0.29, 0.717) is 5.57 Å². The van der Waals surface area contributed by atoms with Gasteiger partial charge in [-0.1, -0.05) is 23.8 Å². The third-order valence-electron chi connectivity index (χ3n) is 2.42. The van der Waals surface area contributed by atoms with Crippen LogP contribution in [0.5, 0.6) is 0 Å². The molecule has 110 valence electrons. The molecule has 0 amide bonds. The Hall–Kier alpha value is -1.44. The van der Waals surface area contributed by atoms with Crippen LogP contribution in [-0.4, -0.2) is 37.4 Å². The molecule has 0 radical (unpaired) electrons. The summed E-state index contributed by atoms with van der Waals surface area (Å²) in [5.74, 6) is -2.93. The van der Waals surface area contributed by atoms with E-state index in [4.69, 9.17) is 16.7 Å². The SMILES string of the molecule is C=C(C)CN(C)S(=O)(=O)c1cc(Cl)cc(C(=O)O)c1F. The van der Waals surface area contributed by atoms with Crippen LogP contribution in [-0.2, 0) is 10.0 Å². The Labute approximate surface area is 121 Å². The fourth-order valence-electron chi connectivity index (χ4n) is 1.54. The molecule has 5 nitrogen and oxygen atoms in total. The first kappa shape index (κ1) is 16.6. The Bertz CT molecular complexity index is 672. The molecular weight excluding hydrogens is 309 g/mol. The van der Waals surface area contributed by atoms with Gasteiger partial charge in [0.25, 0.3) is 0 Å². The van der Waals surface area contributed by atoms with Gasteiger partial charge >= 0.3 is 5.97 Å². The second kappa shape index (κ2) is 5.90. The van der Waals surface area contributed by atoms with Crippen LogP contribution < -0.4 is 0 Å². The molecule has 20 heavy (non-hydrogen) atoms. The predicted octanol–water partition coefficient (Wildman–Crippen LogP) is 2.37. The van der Waals surface area contributed by atoms with Gasteiger partial charge in [-0.15, -0.1) is 0 Å². The van der Waals surface area contributed by atoms with Crippen molar-refractivity contribution in [3.05, 3.63) is 40.7 Å². The van der Waals surface area contributed by atoms with Crippen molar-refractivity contribution >= 4 is 27.6 Å². The molecular formula is C12H13ClFNO4S. The molecule has 0 aliphatic heterocycles. The van der Waals surface area contributed by atoms with E-state index in [1.165, 1.54) is 7.05 Å². The molecule has 1 aromatic carbocycles. The number of rotatable bonds is 5. The van der Waals surface area contributed by atoms with E-state index in [1.54, 1.807) is 6.92 Å². The standard InChI is InChI=1S/C12H13ClFNO4S/c1-7(2)6-15(3)20(18,19)10-5-8(13)4-9(11(10)14)12(16)17/h4-5H,1,6H2,2-3H3,(H,16,17). The van der Waals surface area contributed by atoms with Crippen molar-refractivity contribution in [2.24, 2.45) is 0 Å². The molecule has 0 aliphatic carbocycles. The first-order valence-corrected chi connectivity index (χ1v) is 7.22. The van der Waals surface area contributed by atoms with Crippen molar-refractivity contribution in [1.29, 1.82) is 0 Å². The number of likely N-dealkylation sites (N-methyl/N-ethyl adjacent to an activating group) is 1. The molecule has 0 saturated carbocycles. The van der Waals surface area contributed by atoms with E-state index < -0.39 is 32.3 Å². The first-order chi connectivity index (χ1) is 9.07. The Balaban J connectivity index is 3.46. The van der Waals surface area contributed by atoms with Gasteiger partial charge in [-0.3, -0.25) is 0 Å². The zero-order valence-electron chi connectivity index (χ0n) is 10.9. The normalized spacial score (nSPS) is 11.7. The maximum atomic E-state index is 14.0. The lowest BCUT2D eigenvalue weighted by atomic mass is 10.2. The molecule has 0 atom stereocenters. The lowest BCUT2D eigenvalue weighted by Gasteiger charge is -2.18. The molecule has 0 unspecified atom stereocenters. The van der Waals surface area contributed by atoms with E-state index in [2.05, 4.69) is 6.58 Å². The summed E-state index contributed by atoms with van der Waals surface area (Å²) < 4.78 is 39.3. The molecule has 1 aromatic rings. The number of sulfonamides is 1. The summed E-state index contributed by atoms with van der Waals surface area (Å²) in [5.41, 5.74) is -0.239. The highest BCUT2D eigenvalue weighted by Crippen LogP contribution is 2.26. The van der Waals surface area contributed by atoms with Crippen molar-refractivity contribution in [2.75, 3.05) is 13.6 Å². The molecule has 0 saturated heterocycles. The molecule has 0 fully saturated rings. The van der Waals surface area contributed by atoms with Crippen LogP contribution in [0, 0.1) is 5.82 Å². The molecule has 0 bridgehead atoms. The van der Waals surface area contributed by atoms with Crippen molar-refractivity contribution < 1.29 is 22.7 Å². The van der Waals surface area contributed by atoms with E-state index >= 15 is 0 Å². The van der Waals surface area contributed by atoms with Crippen LogP contribution in [0.1, 0.15) is 17.3 Å². The highest BCUT2D eigenvalue weighted by Gasteiger charge is 2.28. The van der Waals surface area contributed by atoms with Crippen molar-refractivity contribution in [1.82, 2.24) is 4.31 Å². The summed E-state index contributed by atoms with van der Waals surface area (Å²) in [5, 5.41) is 8.67. The fraction of sp³-hybridized carbons (Fsp3) is 0.250. The highest BCUT2D eigenvalue weighted by molar-refractivity contribution is 7.89. The number of carbonyl (C=O) groups is 1. The summed E-state index contributed by atoms with van der Waals surface area (Å²) >= 11 is 5.65. The monoisotopic (exact) mass is 321 g/mol. The molecule has 0 aliphatic rings. The van der Waals surface area contributed by atoms with Gasteiger partial charge in [0.1, 0.15) is 4.90 Å². The summed E-state index contributed by atoms with van der Waals surface area (Å²) in [4.78, 5) is 10.1. The van der Waals surface area contributed by atoms with Crippen LogP contribution in [0.15, 0.2) is 29.2 Å². The average molecular weight is 322 g/mol. The first-order valence-electron chi connectivity index (χ1n) is 5.40. The lowest BCUT2D eigenvalue weighted by molar-refractivity contribution is 0.0691. The van der Waals surface area contributed by atoms with Gasteiger partial charge in [0.05, 0.1) is 5.56 Å². The lowest BCUT2D eigenvalue weighted by Crippen LogP contribution is -2.29. The van der Waals surface area contributed by atoms with Crippen molar-refractivity contribution in [2.45, 2.75) is 11.8 Å². The van der Waals surface area contributed by atoms with E-state index in [-0.39, 0.29) is 11.6 Å². The van der Waals surface area contributed by atoms with Crippen LogP contribution in [0.2, 0.25) is 5.02 Å². The third kappa shape index (κ3) is 3.36. The van der Waals surface area contributed by atoms with Gasteiger partial charge in [-0.25, -0.2) is 17.6 Å². The second-order valence-electron chi connectivity index (χ2n) is 4.29. The number of carboxylic acids is 1. The third-order valence-corrected chi connectivity index (χ3v) is 4.44. The Kier molecular flexibility index (Phi) is 4.90. The maximum Gasteiger partial charge on any atom is 0.338 e. The zero-order chi connectivity index (χ0) is 15.7. The number of aromatic carboxylic acids is 1.